The van der Waals surface area contributed by atoms with Gasteiger partial charge in [-0.3, -0.25) is 14.5 Å². The fraction of sp³-hybridized carbons (Fsp3) is 0.391. The molecule has 2 N–H and O–H groups in total. The lowest BCUT2D eigenvalue weighted by molar-refractivity contribution is -0.121. The SMILES string of the molecule is CCOc1ccc(NC(=O)c2ccc(NC(=O)CN3C[C@H](C)O[C@@H](C)C3)cc2)cc1. The zero-order valence-electron chi connectivity index (χ0n) is 17.7. The number of anilines is 2. The molecule has 1 aliphatic rings. The maximum absolute atomic E-state index is 12.4. The number of amides is 2. The minimum absolute atomic E-state index is 0.0807. The molecule has 0 unspecified atom stereocenters. The van der Waals surface area contributed by atoms with Crippen LogP contribution in [0.25, 0.3) is 0 Å². The van der Waals surface area contributed by atoms with E-state index in [0.29, 0.717) is 30.1 Å². The first kappa shape index (κ1) is 21.8. The third kappa shape index (κ3) is 6.30. The Hall–Kier alpha value is -2.90. The Balaban J connectivity index is 1.51. The summed E-state index contributed by atoms with van der Waals surface area (Å²) in [5, 5.41) is 5.74. The highest BCUT2D eigenvalue weighted by atomic mass is 16.5. The van der Waals surface area contributed by atoms with E-state index >= 15 is 0 Å². The number of carbonyl (C=O) groups excluding carboxylic acids is 2. The lowest BCUT2D eigenvalue weighted by Gasteiger charge is -2.34. The van der Waals surface area contributed by atoms with E-state index in [2.05, 4.69) is 15.5 Å². The maximum Gasteiger partial charge on any atom is 0.255 e. The number of hydrogen-bond acceptors (Lipinski definition) is 5. The summed E-state index contributed by atoms with van der Waals surface area (Å²) < 4.78 is 11.1. The van der Waals surface area contributed by atoms with E-state index in [9.17, 15) is 9.59 Å². The Bertz CT molecular complexity index is 842. The zero-order valence-corrected chi connectivity index (χ0v) is 17.7. The van der Waals surface area contributed by atoms with Crippen molar-refractivity contribution in [1.29, 1.82) is 0 Å². The monoisotopic (exact) mass is 411 g/mol. The van der Waals surface area contributed by atoms with Gasteiger partial charge in [0.1, 0.15) is 5.75 Å². The van der Waals surface area contributed by atoms with E-state index in [1.54, 1.807) is 36.4 Å². The lowest BCUT2D eigenvalue weighted by atomic mass is 10.2. The van der Waals surface area contributed by atoms with Crippen molar-refractivity contribution in [3.8, 4) is 5.75 Å². The van der Waals surface area contributed by atoms with Crippen LogP contribution < -0.4 is 15.4 Å². The van der Waals surface area contributed by atoms with Gasteiger partial charge in [0, 0.05) is 30.0 Å². The number of hydrogen-bond donors (Lipinski definition) is 2. The van der Waals surface area contributed by atoms with E-state index in [1.807, 2.05) is 32.9 Å². The Labute approximate surface area is 177 Å². The van der Waals surface area contributed by atoms with Crippen molar-refractivity contribution in [2.24, 2.45) is 0 Å². The highest BCUT2D eigenvalue weighted by Gasteiger charge is 2.23. The molecule has 2 aromatic rings. The molecule has 2 atom stereocenters. The van der Waals surface area contributed by atoms with Crippen molar-refractivity contribution in [1.82, 2.24) is 4.90 Å². The summed E-state index contributed by atoms with van der Waals surface area (Å²) in [6.07, 6.45) is 0.240. The molecule has 0 bridgehead atoms. The molecule has 3 rings (SSSR count). The number of nitrogens with one attached hydrogen (secondary N) is 2. The predicted octanol–water partition coefficient (Wildman–Crippen LogP) is 3.39. The first-order valence-corrected chi connectivity index (χ1v) is 10.2. The van der Waals surface area contributed by atoms with E-state index in [0.717, 1.165) is 18.8 Å². The molecule has 0 saturated carbocycles. The molecule has 7 nitrogen and oxygen atoms in total. The van der Waals surface area contributed by atoms with Gasteiger partial charge in [-0.15, -0.1) is 0 Å². The quantitative estimate of drug-likeness (QED) is 0.730. The van der Waals surface area contributed by atoms with Crippen molar-refractivity contribution in [3.63, 3.8) is 0 Å². The molecule has 2 aromatic carbocycles. The van der Waals surface area contributed by atoms with Gasteiger partial charge >= 0.3 is 0 Å². The highest BCUT2D eigenvalue weighted by molar-refractivity contribution is 6.04. The molecule has 0 spiro atoms. The molecule has 1 saturated heterocycles. The van der Waals surface area contributed by atoms with Gasteiger partial charge in [0.15, 0.2) is 0 Å². The van der Waals surface area contributed by atoms with E-state index in [1.165, 1.54) is 0 Å². The normalized spacial score (nSPS) is 19.2. The lowest BCUT2D eigenvalue weighted by Crippen LogP contribution is -2.48. The van der Waals surface area contributed by atoms with Crippen LogP contribution in [0, 0.1) is 0 Å². The Morgan fingerprint density at radius 2 is 1.53 bits per heavy atom. The van der Waals surface area contributed by atoms with E-state index in [-0.39, 0.29) is 24.0 Å². The average Bonchev–Trinajstić information content (AvgIpc) is 2.69. The molecule has 0 aromatic heterocycles. The minimum atomic E-state index is -0.215. The standard InChI is InChI=1S/C23H29N3O4/c1-4-29-21-11-9-20(10-12-21)25-23(28)18-5-7-19(8-6-18)24-22(27)15-26-13-16(2)30-17(3)14-26/h5-12,16-17H,4,13-15H2,1-3H3,(H,24,27)(H,25,28)/t16-,17-/m0/s1. The summed E-state index contributed by atoms with van der Waals surface area (Å²) in [6, 6.07) is 14.1. The van der Waals surface area contributed by atoms with Crippen LogP contribution >= 0.6 is 0 Å². The molecular formula is C23H29N3O4. The number of morpholine rings is 1. The fourth-order valence-electron chi connectivity index (χ4n) is 3.53. The smallest absolute Gasteiger partial charge is 0.255 e. The third-order valence-electron chi connectivity index (χ3n) is 4.72. The van der Waals surface area contributed by atoms with Gasteiger partial charge in [0.25, 0.3) is 5.91 Å². The third-order valence-corrected chi connectivity index (χ3v) is 4.72. The van der Waals surface area contributed by atoms with Crippen LogP contribution in [0.2, 0.25) is 0 Å². The second kappa shape index (κ2) is 10.2. The van der Waals surface area contributed by atoms with Gasteiger partial charge in [0.2, 0.25) is 5.91 Å². The van der Waals surface area contributed by atoms with Crippen LogP contribution in [0.1, 0.15) is 31.1 Å². The fourth-order valence-corrected chi connectivity index (χ4v) is 3.53. The number of ether oxygens (including phenoxy) is 2. The summed E-state index contributed by atoms with van der Waals surface area (Å²) >= 11 is 0. The van der Waals surface area contributed by atoms with E-state index < -0.39 is 0 Å². The molecule has 7 heteroatoms. The average molecular weight is 412 g/mol. The molecule has 1 aliphatic heterocycles. The van der Waals surface area contributed by atoms with Crippen LogP contribution in [-0.2, 0) is 9.53 Å². The largest absolute Gasteiger partial charge is 0.494 e. The topological polar surface area (TPSA) is 79.9 Å². The van der Waals surface area contributed by atoms with Gasteiger partial charge in [0.05, 0.1) is 25.4 Å². The maximum atomic E-state index is 12.4. The van der Waals surface area contributed by atoms with Crippen molar-refractivity contribution < 1.29 is 19.1 Å². The number of nitrogens with zero attached hydrogens (tertiary/aromatic N) is 1. The van der Waals surface area contributed by atoms with Gasteiger partial charge in [-0.1, -0.05) is 0 Å². The van der Waals surface area contributed by atoms with Gasteiger partial charge in [-0.05, 0) is 69.3 Å². The molecular weight excluding hydrogens is 382 g/mol. The van der Waals surface area contributed by atoms with Crippen molar-refractivity contribution >= 4 is 23.2 Å². The molecule has 0 radical (unpaired) electrons. The van der Waals surface area contributed by atoms with Crippen LogP contribution in [0.15, 0.2) is 48.5 Å². The van der Waals surface area contributed by atoms with E-state index in [4.69, 9.17) is 9.47 Å². The van der Waals surface area contributed by atoms with Crippen LogP contribution in [0.3, 0.4) is 0 Å². The highest BCUT2D eigenvalue weighted by Crippen LogP contribution is 2.17. The van der Waals surface area contributed by atoms with Crippen LogP contribution in [0.5, 0.6) is 5.75 Å². The summed E-state index contributed by atoms with van der Waals surface area (Å²) in [5.74, 6) is 0.466. The summed E-state index contributed by atoms with van der Waals surface area (Å²) in [5.41, 5.74) is 1.86. The van der Waals surface area contributed by atoms with Crippen LogP contribution in [0.4, 0.5) is 11.4 Å². The van der Waals surface area contributed by atoms with Crippen LogP contribution in [-0.4, -0.2) is 55.2 Å². The number of carbonyl (C=O) groups is 2. The summed E-state index contributed by atoms with van der Waals surface area (Å²) in [6.45, 7) is 8.34. The second-order valence-corrected chi connectivity index (χ2v) is 7.49. The molecule has 2 amide bonds. The van der Waals surface area contributed by atoms with Gasteiger partial charge in [-0.25, -0.2) is 0 Å². The Morgan fingerprint density at radius 1 is 0.967 bits per heavy atom. The van der Waals surface area contributed by atoms with Crippen molar-refractivity contribution in [2.75, 3.05) is 36.9 Å². The van der Waals surface area contributed by atoms with Crippen molar-refractivity contribution in [2.45, 2.75) is 33.0 Å². The number of benzene rings is 2. The zero-order chi connectivity index (χ0) is 21.5. The second-order valence-electron chi connectivity index (χ2n) is 7.49. The molecule has 0 aliphatic carbocycles. The Kier molecular flexibility index (Phi) is 7.43. The molecule has 1 heterocycles. The minimum Gasteiger partial charge on any atom is -0.494 e. The van der Waals surface area contributed by atoms with Gasteiger partial charge in [-0.2, -0.15) is 0 Å². The first-order chi connectivity index (χ1) is 14.4. The molecule has 1 fully saturated rings. The molecule has 160 valence electrons. The van der Waals surface area contributed by atoms with Gasteiger partial charge < -0.3 is 20.1 Å². The summed E-state index contributed by atoms with van der Waals surface area (Å²) in [4.78, 5) is 26.9. The Morgan fingerprint density at radius 3 is 2.13 bits per heavy atom. The number of rotatable bonds is 7. The predicted molar refractivity (Wildman–Crippen MR) is 117 cm³/mol. The molecule has 30 heavy (non-hydrogen) atoms. The summed E-state index contributed by atoms with van der Waals surface area (Å²) in [7, 11) is 0. The first-order valence-electron chi connectivity index (χ1n) is 10.2. The van der Waals surface area contributed by atoms with Crippen molar-refractivity contribution in [3.05, 3.63) is 54.1 Å².